The summed E-state index contributed by atoms with van der Waals surface area (Å²) in [5.41, 5.74) is 2.12. The van der Waals surface area contributed by atoms with Gasteiger partial charge in [0.05, 0.1) is 6.54 Å². The summed E-state index contributed by atoms with van der Waals surface area (Å²) in [6, 6.07) is 8.73. The molecule has 114 valence electrons. The first-order valence-corrected chi connectivity index (χ1v) is 8.19. The second-order valence-electron chi connectivity index (χ2n) is 6.15. The highest BCUT2D eigenvalue weighted by Gasteiger charge is 2.16. The van der Waals surface area contributed by atoms with Gasteiger partial charge in [-0.05, 0) is 43.9 Å². The quantitative estimate of drug-likeness (QED) is 0.875. The van der Waals surface area contributed by atoms with Crippen molar-refractivity contribution < 1.29 is 4.79 Å². The zero-order chi connectivity index (χ0) is 14.5. The molecule has 1 aromatic carbocycles. The molecule has 3 rings (SSSR count). The molecule has 0 unspecified atom stereocenters. The zero-order valence-electron chi connectivity index (χ0n) is 12.6. The molecule has 0 aromatic heterocycles. The summed E-state index contributed by atoms with van der Waals surface area (Å²) < 4.78 is 0. The summed E-state index contributed by atoms with van der Waals surface area (Å²) in [6.45, 7) is 2.67. The fourth-order valence-corrected chi connectivity index (χ4v) is 3.33. The van der Waals surface area contributed by atoms with Crippen molar-refractivity contribution in [2.45, 2.75) is 44.6 Å². The molecule has 4 nitrogen and oxygen atoms in total. The molecule has 1 amide bonds. The zero-order valence-corrected chi connectivity index (χ0v) is 12.6. The Balaban J connectivity index is 1.51. The molecule has 1 aromatic rings. The molecule has 1 saturated carbocycles. The van der Waals surface area contributed by atoms with Crippen LogP contribution in [0.2, 0.25) is 0 Å². The Kier molecular flexibility index (Phi) is 4.76. The lowest BCUT2D eigenvalue weighted by Crippen LogP contribution is -2.34. The van der Waals surface area contributed by atoms with Crippen molar-refractivity contribution in [2.24, 2.45) is 0 Å². The van der Waals surface area contributed by atoms with E-state index in [9.17, 15) is 4.79 Å². The number of nitrogens with one attached hydrogen (secondary N) is 2. The van der Waals surface area contributed by atoms with Gasteiger partial charge in [0.1, 0.15) is 0 Å². The fraction of sp³-hybridized carbons (Fsp3) is 0.588. The van der Waals surface area contributed by atoms with Crippen LogP contribution in [-0.2, 0) is 4.79 Å². The second kappa shape index (κ2) is 6.94. The Morgan fingerprint density at radius 3 is 2.67 bits per heavy atom. The van der Waals surface area contributed by atoms with Crippen LogP contribution in [0.25, 0.3) is 0 Å². The Morgan fingerprint density at radius 1 is 1.14 bits per heavy atom. The standard InChI is InChI=1S/C17H25N3O/c21-17(13-18-14-6-1-2-7-14)19-15-8-5-9-16(12-15)20-10-3-4-11-20/h5,8-9,12,14,18H,1-4,6-7,10-11,13H2,(H,19,21). The van der Waals surface area contributed by atoms with Crippen molar-refractivity contribution in [2.75, 3.05) is 29.9 Å². The minimum absolute atomic E-state index is 0.0560. The summed E-state index contributed by atoms with van der Waals surface area (Å²) in [7, 11) is 0. The van der Waals surface area contributed by atoms with Crippen LogP contribution < -0.4 is 15.5 Å². The first-order valence-electron chi connectivity index (χ1n) is 8.19. The maximum absolute atomic E-state index is 12.0. The van der Waals surface area contributed by atoms with Crippen molar-refractivity contribution >= 4 is 17.3 Å². The van der Waals surface area contributed by atoms with Gasteiger partial charge in [-0.3, -0.25) is 4.79 Å². The fourth-order valence-electron chi connectivity index (χ4n) is 3.33. The maximum Gasteiger partial charge on any atom is 0.238 e. The van der Waals surface area contributed by atoms with Crippen LogP contribution >= 0.6 is 0 Å². The van der Waals surface area contributed by atoms with E-state index in [-0.39, 0.29) is 5.91 Å². The van der Waals surface area contributed by atoms with E-state index in [1.54, 1.807) is 0 Å². The largest absolute Gasteiger partial charge is 0.371 e. The SMILES string of the molecule is O=C(CNC1CCCC1)Nc1cccc(N2CCCC2)c1. The van der Waals surface area contributed by atoms with Crippen LogP contribution in [0.3, 0.4) is 0 Å². The van der Waals surface area contributed by atoms with Crippen LogP contribution in [0, 0.1) is 0 Å². The topological polar surface area (TPSA) is 44.4 Å². The minimum Gasteiger partial charge on any atom is -0.371 e. The average Bonchev–Trinajstić information content (AvgIpc) is 3.19. The van der Waals surface area contributed by atoms with E-state index in [1.807, 2.05) is 12.1 Å². The lowest BCUT2D eigenvalue weighted by atomic mass is 10.2. The van der Waals surface area contributed by atoms with Crippen LogP contribution in [0.4, 0.5) is 11.4 Å². The van der Waals surface area contributed by atoms with E-state index in [4.69, 9.17) is 0 Å². The summed E-state index contributed by atoms with van der Waals surface area (Å²) >= 11 is 0. The van der Waals surface area contributed by atoms with E-state index >= 15 is 0 Å². The van der Waals surface area contributed by atoms with Crippen molar-refractivity contribution in [3.8, 4) is 0 Å². The smallest absolute Gasteiger partial charge is 0.238 e. The van der Waals surface area contributed by atoms with Gasteiger partial charge < -0.3 is 15.5 Å². The Morgan fingerprint density at radius 2 is 1.90 bits per heavy atom. The van der Waals surface area contributed by atoms with E-state index in [1.165, 1.54) is 44.2 Å². The predicted octanol–water partition coefficient (Wildman–Crippen LogP) is 2.76. The van der Waals surface area contributed by atoms with Gasteiger partial charge in [-0.2, -0.15) is 0 Å². The van der Waals surface area contributed by atoms with Crippen molar-refractivity contribution in [3.05, 3.63) is 24.3 Å². The summed E-state index contributed by atoms with van der Waals surface area (Å²) in [5.74, 6) is 0.0560. The first-order chi connectivity index (χ1) is 10.3. The van der Waals surface area contributed by atoms with Gasteiger partial charge in [0.25, 0.3) is 0 Å². The lowest BCUT2D eigenvalue weighted by molar-refractivity contribution is -0.115. The molecule has 0 spiro atoms. The number of hydrogen-bond acceptors (Lipinski definition) is 3. The lowest BCUT2D eigenvalue weighted by Gasteiger charge is -2.18. The van der Waals surface area contributed by atoms with Crippen LogP contribution in [0.15, 0.2) is 24.3 Å². The third kappa shape index (κ3) is 3.97. The third-order valence-corrected chi connectivity index (χ3v) is 4.51. The van der Waals surface area contributed by atoms with Crippen LogP contribution in [0.5, 0.6) is 0 Å². The molecule has 1 heterocycles. The van der Waals surface area contributed by atoms with E-state index in [0.29, 0.717) is 12.6 Å². The number of nitrogens with zero attached hydrogens (tertiary/aromatic N) is 1. The molecule has 4 heteroatoms. The summed E-state index contributed by atoms with van der Waals surface area (Å²) in [6.07, 6.45) is 7.52. The predicted molar refractivity (Wildman–Crippen MR) is 86.8 cm³/mol. The molecule has 2 fully saturated rings. The number of carbonyl (C=O) groups is 1. The van der Waals surface area contributed by atoms with Crippen molar-refractivity contribution in [1.82, 2.24) is 5.32 Å². The molecule has 2 aliphatic rings. The van der Waals surface area contributed by atoms with Gasteiger partial charge in [0.2, 0.25) is 5.91 Å². The Hall–Kier alpha value is -1.55. The van der Waals surface area contributed by atoms with E-state index in [2.05, 4.69) is 27.7 Å². The highest BCUT2D eigenvalue weighted by Crippen LogP contribution is 2.23. The molecule has 2 N–H and O–H groups in total. The number of rotatable bonds is 5. The molecule has 1 aliphatic carbocycles. The normalized spacial score (nSPS) is 19.1. The highest BCUT2D eigenvalue weighted by atomic mass is 16.1. The third-order valence-electron chi connectivity index (χ3n) is 4.51. The highest BCUT2D eigenvalue weighted by molar-refractivity contribution is 5.92. The molecule has 21 heavy (non-hydrogen) atoms. The number of benzene rings is 1. The average molecular weight is 287 g/mol. The number of carbonyl (C=O) groups excluding carboxylic acids is 1. The van der Waals surface area contributed by atoms with Gasteiger partial charge >= 0.3 is 0 Å². The number of amides is 1. The van der Waals surface area contributed by atoms with Gasteiger partial charge in [-0.25, -0.2) is 0 Å². The summed E-state index contributed by atoms with van der Waals surface area (Å²) in [4.78, 5) is 14.4. The molecule has 0 radical (unpaired) electrons. The molecule has 1 aliphatic heterocycles. The van der Waals surface area contributed by atoms with Crippen LogP contribution in [-0.4, -0.2) is 31.6 Å². The van der Waals surface area contributed by atoms with Crippen molar-refractivity contribution in [1.29, 1.82) is 0 Å². The maximum atomic E-state index is 12.0. The van der Waals surface area contributed by atoms with Crippen LogP contribution in [0.1, 0.15) is 38.5 Å². The number of anilines is 2. The Bertz CT molecular complexity index is 477. The Labute approximate surface area is 126 Å². The monoisotopic (exact) mass is 287 g/mol. The molecule has 1 saturated heterocycles. The van der Waals surface area contributed by atoms with Crippen molar-refractivity contribution in [3.63, 3.8) is 0 Å². The van der Waals surface area contributed by atoms with Gasteiger partial charge in [-0.15, -0.1) is 0 Å². The van der Waals surface area contributed by atoms with Gasteiger partial charge in [0, 0.05) is 30.5 Å². The first kappa shape index (κ1) is 14.4. The van der Waals surface area contributed by atoms with E-state index in [0.717, 1.165) is 18.8 Å². The molecule has 0 atom stereocenters. The van der Waals surface area contributed by atoms with E-state index < -0.39 is 0 Å². The molecular formula is C17H25N3O. The van der Waals surface area contributed by atoms with Gasteiger partial charge in [-0.1, -0.05) is 18.9 Å². The minimum atomic E-state index is 0.0560. The second-order valence-corrected chi connectivity index (χ2v) is 6.15. The molecular weight excluding hydrogens is 262 g/mol. The van der Waals surface area contributed by atoms with Gasteiger partial charge in [0.15, 0.2) is 0 Å². The summed E-state index contributed by atoms with van der Waals surface area (Å²) in [5, 5.41) is 6.35. The number of hydrogen-bond donors (Lipinski definition) is 2. The molecule has 0 bridgehead atoms.